The predicted molar refractivity (Wildman–Crippen MR) is 124 cm³/mol. The van der Waals surface area contributed by atoms with E-state index in [0.717, 1.165) is 24.1 Å². The summed E-state index contributed by atoms with van der Waals surface area (Å²) >= 11 is 0. The van der Waals surface area contributed by atoms with E-state index >= 15 is 0 Å². The van der Waals surface area contributed by atoms with Gasteiger partial charge in [-0.1, -0.05) is 62.4 Å². The van der Waals surface area contributed by atoms with Crippen molar-refractivity contribution in [2.45, 2.75) is 57.9 Å². The maximum absolute atomic E-state index is 3.37. The van der Waals surface area contributed by atoms with E-state index in [0.29, 0.717) is 5.92 Å². The number of hydrogen-bond acceptors (Lipinski definition) is 4. The van der Waals surface area contributed by atoms with Gasteiger partial charge in [0, 0.05) is 23.7 Å². The number of hydrazine groups is 2. The molecular formula is C26H34N4. The second-order valence-electron chi connectivity index (χ2n) is 9.31. The molecule has 1 fully saturated rings. The van der Waals surface area contributed by atoms with Crippen molar-refractivity contribution in [1.29, 1.82) is 0 Å². The lowest BCUT2D eigenvalue weighted by atomic mass is 9.81. The monoisotopic (exact) mass is 402 g/mol. The maximum atomic E-state index is 3.37. The van der Waals surface area contributed by atoms with E-state index in [4.69, 9.17) is 0 Å². The van der Waals surface area contributed by atoms with Crippen LogP contribution in [0.4, 0.5) is 0 Å². The average Bonchev–Trinajstić information content (AvgIpc) is 3.38. The predicted octanol–water partition coefficient (Wildman–Crippen LogP) is 4.67. The van der Waals surface area contributed by atoms with Gasteiger partial charge in [-0.25, -0.2) is 0 Å². The van der Waals surface area contributed by atoms with Gasteiger partial charge >= 0.3 is 0 Å². The molecule has 2 aliphatic heterocycles. The smallest absolute Gasteiger partial charge is 0.0832 e. The minimum absolute atomic E-state index is 0.541. The fourth-order valence-electron chi connectivity index (χ4n) is 5.82. The molecule has 2 heterocycles. The van der Waals surface area contributed by atoms with E-state index in [1.807, 2.05) is 0 Å². The quantitative estimate of drug-likeness (QED) is 0.680. The van der Waals surface area contributed by atoms with Gasteiger partial charge in [-0.3, -0.25) is 0 Å². The number of fused-ring (bicyclic) bond motifs is 4. The van der Waals surface area contributed by atoms with Gasteiger partial charge in [0.2, 0.25) is 0 Å². The first-order chi connectivity index (χ1) is 14.7. The minimum Gasteiger partial charge on any atom is -0.301 e. The number of benzene rings is 2. The summed E-state index contributed by atoms with van der Waals surface area (Å²) in [6.45, 7) is 7.27. The lowest BCUT2D eigenvalue weighted by Crippen LogP contribution is -2.32. The molecule has 3 N–H and O–H groups in total. The van der Waals surface area contributed by atoms with Crippen molar-refractivity contribution in [3.05, 3.63) is 70.8 Å². The molecule has 1 saturated heterocycles. The Morgan fingerprint density at radius 1 is 0.967 bits per heavy atom. The zero-order valence-electron chi connectivity index (χ0n) is 18.2. The summed E-state index contributed by atoms with van der Waals surface area (Å²) in [7, 11) is 0. The number of likely N-dealkylation sites (tertiary alicyclic amines) is 1. The number of nitrogens with one attached hydrogen (secondary N) is 3. The number of nitrogens with zero attached hydrogens (tertiary/aromatic N) is 1. The SMILES string of the molecule is CCC1CC(C)CN1CCCC1Cc2ccccc2C2=C(NNN2)c2ccccc21. The summed E-state index contributed by atoms with van der Waals surface area (Å²) < 4.78 is 0. The van der Waals surface area contributed by atoms with Gasteiger partial charge in [0.25, 0.3) is 0 Å². The van der Waals surface area contributed by atoms with Crippen LogP contribution in [0, 0.1) is 5.92 Å². The molecule has 3 aliphatic rings. The topological polar surface area (TPSA) is 39.3 Å². The molecule has 3 atom stereocenters. The third kappa shape index (κ3) is 3.63. The van der Waals surface area contributed by atoms with Crippen molar-refractivity contribution in [2.24, 2.45) is 5.92 Å². The van der Waals surface area contributed by atoms with Gasteiger partial charge in [0.1, 0.15) is 0 Å². The summed E-state index contributed by atoms with van der Waals surface area (Å²) in [5, 5.41) is 0. The third-order valence-corrected chi connectivity index (χ3v) is 7.25. The molecular weight excluding hydrogens is 368 g/mol. The molecule has 0 saturated carbocycles. The van der Waals surface area contributed by atoms with Crippen LogP contribution in [0.15, 0.2) is 48.5 Å². The number of rotatable bonds is 5. The Morgan fingerprint density at radius 2 is 1.70 bits per heavy atom. The lowest BCUT2D eigenvalue weighted by Gasteiger charge is -2.27. The highest BCUT2D eigenvalue weighted by atomic mass is 15.6. The van der Waals surface area contributed by atoms with Gasteiger partial charge in [0.05, 0.1) is 11.4 Å². The van der Waals surface area contributed by atoms with E-state index in [9.17, 15) is 0 Å². The Kier molecular flexibility index (Phi) is 5.53. The molecule has 158 valence electrons. The Labute approximate surface area is 180 Å². The fraction of sp³-hybridized carbons (Fsp3) is 0.462. The van der Waals surface area contributed by atoms with Crippen LogP contribution in [0.5, 0.6) is 0 Å². The van der Waals surface area contributed by atoms with Crippen LogP contribution in [-0.4, -0.2) is 24.0 Å². The third-order valence-electron chi connectivity index (χ3n) is 7.25. The van der Waals surface area contributed by atoms with Gasteiger partial charge in [-0.2, -0.15) is 0 Å². The zero-order valence-corrected chi connectivity index (χ0v) is 18.2. The summed E-state index contributed by atoms with van der Waals surface area (Å²) in [6.07, 6.45) is 6.25. The average molecular weight is 403 g/mol. The molecule has 2 aromatic carbocycles. The second kappa shape index (κ2) is 8.44. The Bertz CT molecular complexity index is 934. The summed E-state index contributed by atoms with van der Waals surface area (Å²) in [5.41, 5.74) is 17.7. The molecule has 0 radical (unpaired) electrons. The molecule has 0 aromatic heterocycles. The van der Waals surface area contributed by atoms with Crippen LogP contribution in [0.2, 0.25) is 0 Å². The van der Waals surface area contributed by atoms with Crippen molar-refractivity contribution < 1.29 is 0 Å². The second-order valence-corrected chi connectivity index (χ2v) is 9.31. The summed E-state index contributed by atoms with van der Waals surface area (Å²) in [4.78, 5) is 2.75. The van der Waals surface area contributed by atoms with Crippen LogP contribution >= 0.6 is 0 Å². The van der Waals surface area contributed by atoms with Crippen molar-refractivity contribution in [3.63, 3.8) is 0 Å². The molecule has 0 spiro atoms. The summed E-state index contributed by atoms with van der Waals surface area (Å²) in [5.74, 6) is 1.39. The van der Waals surface area contributed by atoms with Gasteiger partial charge in [-0.05, 0) is 61.6 Å². The van der Waals surface area contributed by atoms with E-state index in [-0.39, 0.29) is 0 Å². The molecule has 0 bridgehead atoms. The van der Waals surface area contributed by atoms with Crippen LogP contribution < -0.4 is 16.4 Å². The van der Waals surface area contributed by atoms with Crippen molar-refractivity contribution in [3.8, 4) is 0 Å². The van der Waals surface area contributed by atoms with Crippen molar-refractivity contribution in [2.75, 3.05) is 13.1 Å². The first-order valence-corrected chi connectivity index (χ1v) is 11.7. The Balaban J connectivity index is 1.42. The standard InChI is InChI=1S/C26H34N4/c1-3-21-15-18(2)17-30(21)14-8-10-19-16-20-9-4-5-12-23(20)25-26(28-29-27-25)24-13-7-6-11-22(19)24/h4-7,9,11-13,18-19,21,27-29H,3,8,10,14-17H2,1-2H3. The maximum Gasteiger partial charge on any atom is 0.0832 e. The molecule has 2 aromatic rings. The Hall–Kier alpha value is -2.30. The van der Waals surface area contributed by atoms with Crippen LogP contribution in [0.25, 0.3) is 11.4 Å². The van der Waals surface area contributed by atoms with E-state index < -0.39 is 0 Å². The molecule has 0 amide bonds. The van der Waals surface area contributed by atoms with Gasteiger partial charge < -0.3 is 15.8 Å². The Morgan fingerprint density at radius 3 is 2.53 bits per heavy atom. The lowest BCUT2D eigenvalue weighted by molar-refractivity contribution is 0.238. The fourth-order valence-corrected chi connectivity index (χ4v) is 5.82. The summed E-state index contributed by atoms with van der Waals surface area (Å²) in [6, 6.07) is 18.6. The zero-order chi connectivity index (χ0) is 20.5. The van der Waals surface area contributed by atoms with E-state index in [1.165, 1.54) is 66.7 Å². The molecule has 3 unspecified atom stereocenters. The minimum atomic E-state index is 0.541. The first-order valence-electron chi connectivity index (χ1n) is 11.7. The molecule has 4 nitrogen and oxygen atoms in total. The largest absolute Gasteiger partial charge is 0.301 e. The van der Waals surface area contributed by atoms with Crippen molar-refractivity contribution >= 4 is 11.4 Å². The first kappa shape index (κ1) is 19.7. The molecule has 5 rings (SSSR count). The van der Waals surface area contributed by atoms with Crippen molar-refractivity contribution in [1.82, 2.24) is 21.3 Å². The normalized spacial score (nSPS) is 25.6. The highest BCUT2D eigenvalue weighted by Gasteiger charge is 2.30. The van der Waals surface area contributed by atoms with Gasteiger partial charge in [0.15, 0.2) is 0 Å². The molecule has 30 heavy (non-hydrogen) atoms. The highest BCUT2D eigenvalue weighted by molar-refractivity contribution is 5.92. The number of hydrogen-bond donors (Lipinski definition) is 3. The van der Waals surface area contributed by atoms with Crippen LogP contribution in [0.3, 0.4) is 0 Å². The molecule has 1 aliphatic carbocycles. The van der Waals surface area contributed by atoms with Gasteiger partial charge in [-0.15, -0.1) is 5.53 Å². The van der Waals surface area contributed by atoms with E-state index in [1.54, 1.807) is 0 Å². The highest BCUT2D eigenvalue weighted by Crippen LogP contribution is 2.39. The van der Waals surface area contributed by atoms with Crippen LogP contribution in [-0.2, 0) is 6.42 Å². The van der Waals surface area contributed by atoms with Crippen LogP contribution in [0.1, 0.15) is 67.7 Å². The molecule has 4 heteroatoms. The van der Waals surface area contributed by atoms with E-state index in [2.05, 4.69) is 83.7 Å².